The molecule has 2 aromatic rings. The smallest absolute Gasteiger partial charge is 0.215 e. The van der Waals surface area contributed by atoms with Crippen molar-refractivity contribution < 1.29 is 4.74 Å². The molecule has 0 radical (unpaired) electrons. The summed E-state index contributed by atoms with van der Waals surface area (Å²) in [5.74, 6) is 1.09. The van der Waals surface area contributed by atoms with Crippen LogP contribution in [-0.4, -0.2) is 11.6 Å². The van der Waals surface area contributed by atoms with Crippen LogP contribution in [-0.2, 0) is 6.42 Å². The van der Waals surface area contributed by atoms with E-state index in [4.69, 9.17) is 10.5 Å². The van der Waals surface area contributed by atoms with Crippen LogP contribution >= 0.6 is 0 Å². The Kier molecular flexibility index (Phi) is 3.97. The number of pyridine rings is 1. The molecule has 0 saturated heterocycles. The van der Waals surface area contributed by atoms with Gasteiger partial charge in [0, 0.05) is 6.07 Å². The number of nitrogens with zero attached hydrogens (tertiary/aromatic N) is 1. The van der Waals surface area contributed by atoms with Crippen molar-refractivity contribution in [2.24, 2.45) is 0 Å². The standard InChI is InChI=1S/C14H16N2O/c15-13-9-4-10-14(16-13)17-11-5-8-12-6-2-1-3-7-12/h1-4,6-7,9-10H,5,8,11H2,(H2,15,16). The van der Waals surface area contributed by atoms with Gasteiger partial charge >= 0.3 is 0 Å². The van der Waals surface area contributed by atoms with Gasteiger partial charge in [0.15, 0.2) is 0 Å². The van der Waals surface area contributed by atoms with Gasteiger partial charge < -0.3 is 10.5 Å². The number of nitrogen functional groups attached to an aromatic ring is 1. The minimum atomic E-state index is 0.491. The van der Waals surface area contributed by atoms with Gasteiger partial charge in [-0.3, -0.25) is 0 Å². The highest BCUT2D eigenvalue weighted by molar-refractivity contribution is 5.31. The third kappa shape index (κ3) is 3.79. The van der Waals surface area contributed by atoms with Crippen LogP contribution < -0.4 is 10.5 Å². The van der Waals surface area contributed by atoms with Gasteiger partial charge in [0.1, 0.15) is 5.82 Å². The molecule has 0 saturated carbocycles. The molecule has 0 aliphatic heterocycles. The molecule has 2 N–H and O–H groups in total. The second kappa shape index (κ2) is 5.89. The van der Waals surface area contributed by atoms with Crippen LogP contribution in [0.3, 0.4) is 0 Å². The van der Waals surface area contributed by atoms with Gasteiger partial charge in [-0.05, 0) is 24.5 Å². The van der Waals surface area contributed by atoms with Crippen molar-refractivity contribution in [1.29, 1.82) is 0 Å². The highest BCUT2D eigenvalue weighted by Crippen LogP contribution is 2.09. The molecule has 88 valence electrons. The number of aromatic nitrogens is 1. The maximum absolute atomic E-state index is 5.56. The molecule has 0 unspecified atom stereocenters. The molecule has 2 rings (SSSR count). The Hall–Kier alpha value is -2.03. The molecule has 0 amide bonds. The van der Waals surface area contributed by atoms with E-state index in [1.54, 1.807) is 6.07 Å². The first-order valence-electron chi connectivity index (χ1n) is 5.74. The van der Waals surface area contributed by atoms with E-state index in [2.05, 4.69) is 29.2 Å². The van der Waals surface area contributed by atoms with Gasteiger partial charge in [-0.25, -0.2) is 0 Å². The molecule has 0 aliphatic rings. The number of rotatable bonds is 5. The third-order valence-electron chi connectivity index (χ3n) is 2.45. The van der Waals surface area contributed by atoms with E-state index in [1.165, 1.54) is 5.56 Å². The number of aryl methyl sites for hydroxylation is 1. The first-order valence-corrected chi connectivity index (χ1v) is 5.74. The van der Waals surface area contributed by atoms with E-state index < -0.39 is 0 Å². The summed E-state index contributed by atoms with van der Waals surface area (Å²) >= 11 is 0. The van der Waals surface area contributed by atoms with Gasteiger partial charge in [0.25, 0.3) is 0 Å². The van der Waals surface area contributed by atoms with Crippen molar-refractivity contribution in [3.63, 3.8) is 0 Å². The van der Waals surface area contributed by atoms with Crippen LogP contribution in [0.25, 0.3) is 0 Å². The molecule has 0 atom stereocenters. The van der Waals surface area contributed by atoms with Crippen LogP contribution in [0, 0.1) is 0 Å². The largest absolute Gasteiger partial charge is 0.478 e. The number of hydrogen-bond donors (Lipinski definition) is 1. The fraction of sp³-hybridized carbons (Fsp3) is 0.214. The highest BCUT2D eigenvalue weighted by atomic mass is 16.5. The maximum atomic E-state index is 5.56. The summed E-state index contributed by atoms with van der Waals surface area (Å²) in [6.45, 7) is 0.658. The van der Waals surface area contributed by atoms with Gasteiger partial charge in [0.05, 0.1) is 6.61 Å². The molecule has 17 heavy (non-hydrogen) atoms. The molecule has 0 fully saturated rings. The molecular weight excluding hydrogens is 212 g/mol. The molecule has 3 heteroatoms. The molecule has 0 spiro atoms. The Labute approximate surface area is 101 Å². The Balaban J connectivity index is 1.73. The topological polar surface area (TPSA) is 48.1 Å². The van der Waals surface area contributed by atoms with E-state index >= 15 is 0 Å². The van der Waals surface area contributed by atoms with Crippen molar-refractivity contribution in [2.75, 3.05) is 12.3 Å². The summed E-state index contributed by atoms with van der Waals surface area (Å²) in [6, 6.07) is 15.8. The van der Waals surface area contributed by atoms with Crippen molar-refractivity contribution in [1.82, 2.24) is 4.98 Å². The summed E-state index contributed by atoms with van der Waals surface area (Å²) in [4.78, 5) is 4.07. The Morgan fingerprint density at radius 2 is 1.82 bits per heavy atom. The quantitative estimate of drug-likeness (QED) is 0.800. The van der Waals surface area contributed by atoms with Crippen molar-refractivity contribution in [3.8, 4) is 5.88 Å². The van der Waals surface area contributed by atoms with E-state index in [9.17, 15) is 0 Å². The maximum Gasteiger partial charge on any atom is 0.215 e. The summed E-state index contributed by atoms with van der Waals surface area (Å²) in [5.41, 5.74) is 6.89. The molecule has 3 nitrogen and oxygen atoms in total. The minimum absolute atomic E-state index is 0.491. The molecule has 1 heterocycles. The summed E-state index contributed by atoms with van der Waals surface area (Å²) < 4.78 is 5.52. The fourth-order valence-electron chi connectivity index (χ4n) is 1.61. The lowest BCUT2D eigenvalue weighted by molar-refractivity contribution is 0.300. The first kappa shape index (κ1) is 11.5. The first-order chi connectivity index (χ1) is 8.34. The number of nitrogens with two attached hydrogens (primary N) is 1. The lowest BCUT2D eigenvalue weighted by atomic mass is 10.1. The lowest BCUT2D eigenvalue weighted by Crippen LogP contribution is -2.01. The van der Waals surface area contributed by atoms with Crippen molar-refractivity contribution in [3.05, 3.63) is 54.1 Å². The normalized spacial score (nSPS) is 10.1. The second-order valence-corrected chi connectivity index (χ2v) is 3.84. The van der Waals surface area contributed by atoms with Crippen molar-refractivity contribution >= 4 is 5.82 Å². The van der Waals surface area contributed by atoms with E-state index in [1.807, 2.05) is 18.2 Å². The van der Waals surface area contributed by atoms with E-state index in [0.717, 1.165) is 12.8 Å². The van der Waals surface area contributed by atoms with E-state index in [-0.39, 0.29) is 0 Å². The van der Waals surface area contributed by atoms with Crippen LogP contribution in [0.15, 0.2) is 48.5 Å². The van der Waals surface area contributed by atoms with Crippen LogP contribution in [0.2, 0.25) is 0 Å². The monoisotopic (exact) mass is 228 g/mol. The summed E-state index contributed by atoms with van der Waals surface area (Å²) in [6.07, 6.45) is 1.99. The fourth-order valence-corrected chi connectivity index (χ4v) is 1.61. The number of hydrogen-bond acceptors (Lipinski definition) is 3. The van der Waals surface area contributed by atoms with Gasteiger partial charge in [0.2, 0.25) is 5.88 Å². The average Bonchev–Trinajstić information content (AvgIpc) is 2.36. The zero-order valence-corrected chi connectivity index (χ0v) is 9.67. The Bertz CT molecular complexity index is 457. The lowest BCUT2D eigenvalue weighted by Gasteiger charge is -2.05. The van der Waals surface area contributed by atoms with Crippen LogP contribution in [0.4, 0.5) is 5.82 Å². The van der Waals surface area contributed by atoms with Crippen LogP contribution in [0.1, 0.15) is 12.0 Å². The second-order valence-electron chi connectivity index (χ2n) is 3.84. The van der Waals surface area contributed by atoms with E-state index in [0.29, 0.717) is 18.3 Å². The number of benzene rings is 1. The Morgan fingerprint density at radius 1 is 1.00 bits per heavy atom. The average molecular weight is 228 g/mol. The minimum Gasteiger partial charge on any atom is -0.478 e. The predicted octanol–water partition coefficient (Wildman–Crippen LogP) is 2.68. The number of anilines is 1. The van der Waals surface area contributed by atoms with Gasteiger partial charge in [-0.2, -0.15) is 4.98 Å². The molecular formula is C14H16N2O. The van der Waals surface area contributed by atoms with Crippen molar-refractivity contribution in [2.45, 2.75) is 12.8 Å². The number of ether oxygens (including phenoxy) is 1. The predicted molar refractivity (Wildman–Crippen MR) is 68.9 cm³/mol. The SMILES string of the molecule is Nc1cccc(OCCCc2ccccc2)n1. The Morgan fingerprint density at radius 3 is 2.59 bits per heavy atom. The zero-order valence-electron chi connectivity index (χ0n) is 9.67. The third-order valence-corrected chi connectivity index (χ3v) is 2.45. The highest BCUT2D eigenvalue weighted by Gasteiger charge is 1.96. The molecule has 1 aromatic carbocycles. The molecule has 1 aromatic heterocycles. The summed E-state index contributed by atoms with van der Waals surface area (Å²) in [5, 5.41) is 0. The molecule has 0 aliphatic carbocycles. The molecule has 0 bridgehead atoms. The summed E-state index contributed by atoms with van der Waals surface area (Å²) in [7, 11) is 0. The van der Waals surface area contributed by atoms with Gasteiger partial charge in [-0.15, -0.1) is 0 Å². The van der Waals surface area contributed by atoms with Crippen LogP contribution in [0.5, 0.6) is 5.88 Å². The van der Waals surface area contributed by atoms with Gasteiger partial charge in [-0.1, -0.05) is 36.4 Å². The zero-order chi connectivity index (χ0) is 11.9.